The highest BCUT2D eigenvalue weighted by Gasteiger charge is 2.07. The van der Waals surface area contributed by atoms with Crippen LogP contribution in [0.5, 0.6) is 5.88 Å². The number of halogens is 2. The van der Waals surface area contributed by atoms with Gasteiger partial charge in [0.05, 0.1) is 10.0 Å². The summed E-state index contributed by atoms with van der Waals surface area (Å²) in [6.07, 6.45) is 1.73. The van der Waals surface area contributed by atoms with Crippen molar-refractivity contribution in [1.82, 2.24) is 10.3 Å². The van der Waals surface area contributed by atoms with E-state index in [1.165, 1.54) is 0 Å². The van der Waals surface area contributed by atoms with Gasteiger partial charge in [0.1, 0.15) is 6.10 Å². The van der Waals surface area contributed by atoms with E-state index in [1.54, 1.807) is 12.3 Å². The van der Waals surface area contributed by atoms with Crippen LogP contribution in [0, 0.1) is 0 Å². The van der Waals surface area contributed by atoms with Crippen molar-refractivity contribution in [1.29, 1.82) is 0 Å². The van der Waals surface area contributed by atoms with Crippen molar-refractivity contribution in [3.63, 3.8) is 0 Å². The Balaban J connectivity index is 1.79. The zero-order valence-corrected chi connectivity index (χ0v) is 12.7. The van der Waals surface area contributed by atoms with Crippen LogP contribution in [0.15, 0.2) is 42.6 Å². The van der Waals surface area contributed by atoms with E-state index >= 15 is 0 Å². The number of nitrogens with zero attached hydrogens (tertiary/aromatic N) is 1. The van der Waals surface area contributed by atoms with Crippen molar-refractivity contribution in [2.75, 3.05) is 6.54 Å². The van der Waals surface area contributed by atoms with Gasteiger partial charge >= 0.3 is 0 Å². The Kier molecular flexibility index (Phi) is 5.65. The van der Waals surface area contributed by atoms with Crippen molar-refractivity contribution < 1.29 is 4.74 Å². The van der Waals surface area contributed by atoms with Crippen LogP contribution in [-0.4, -0.2) is 17.6 Å². The van der Waals surface area contributed by atoms with Crippen molar-refractivity contribution in [2.24, 2.45) is 0 Å². The molecule has 0 spiro atoms. The van der Waals surface area contributed by atoms with E-state index < -0.39 is 0 Å². The molecule has 3 nitrogen and oxygen atoms in total. The Morgan fingerprint density at radius 1 is 1.20 bits per heavy atom. The minimum absolute atomic E-state index is 0.0165. The van der Waals surface area contributed by atoms with E-state index in [4.69, 9.17) is 27.9 Å². The quantitative estimate of drug-likeness (QED) is 0.877. The third-order valence-electron chi connectivity index (χ3n) is 2.74. The molecule has 2 rings (SSSR count). The molecular weight excluding hydrogens is 295 g/mol. The summed E-state index contributed by atoms with van der Waals surface area (Å²) in [4.78, 5) is 4.12. The Hall–Kier alpha value is -1.29. The number of ether oxygens (including phenoxy) is 1. The molecule has 0 aliphatic heterocycles. The molecule has 1 N–H and O–H groups in total. The van der Waals surface area contributed by atoms with Gasteiger partial charge in [-0.3, -0.25) is 0 Å². The zero-order valence-electron chi connectivity index (χ0n) is 11.1. The first-order chi connectivity index (χ1) is 9.66. The summed E-state index contributed by atoms with van der Waals surface area (Å²) >= 11 is 12.1. The minimum Gasteiger partial charge on any atom is -0.473 e. The number of hydrogen-bond acceptors (Lipinski definition) is 3. The van der Waals surface area contributed by atoms with Crippen LogP contribution in [-0.2, 0) is 6.54 Å². The summed E-state index contributed by atoms with van der Waals surface area (Å²) < 4.78 is 5.67. The molecule has 20 heavy (non-hydrogen) atoms. The maximum atomic E-state index is 6.13. The maximum Gasteiger partial charge on any atom is 0.213 e. The fourth-order valence-corrected chi connectivity index (χ4v) is 2.15. The first-order valence-electron chi connectivity index (χ1n) is 6.38. The van der Waals surface area contributed by atoms with Gasteiger partial charge in [-0.2, -0.15) is 0 Å². The van der Waals surface area contributed by atoms with E-state index in [9.17, 15) is 0 Å². The van der Waals surface area contributed by atoms with Crippen LogP contribution in [0.1, 0.15) is 12.5 Å². The molecule has 0 amide bonds. The molecule has 0 saturated carbocycles. The monoisotopic (exact) mass is 310 g/mol. The van der Waals surface area contributed by atoms with Crippen LogP contribution in [0.3, 0.4) is 0 Å². The second kappa shape index (κ2) is 7.48. The van der Waals surface area contributed by atoms with E-state index in [0.717, 1.165) is 5.56 Å². The van der Waals surface area contributed by atoms with Gasteiger partial charge in [-0.1, -0.05) is 41.4 Å². The molecule has 1 atom stereocenters. The fraction of sp³-hybridized carbons (Fsp3) is 0.267. The summed E-state index contributed by atoms with van der Waals surface area (Å²) in [6.45, 7) is 3.33. The zero-order chi connectivity index (χ0) is 14.4. The van der Waals surface area contributed by atoms with Crippen LogP contribution >= 0.6 is 23.2 Å². The Labute approximate surface area is 128 Å². The van der Waals surface area contributed by atoms with Gasteiger partial charge < -0.3 is 10.1 Å². The second-order valence-electron chi connectivity index (χ2n) is 4.44. The van der Waals surface area contributed by atoms with E-state index in [0.29, 0.717) is 29.0 Å². The molecule has 0 aliphatic rings. The number of aromatic nitrogens is 1. The molecule has 0 radical (unpaired) electrons. The lowest BCUT2D eigenvalue weighted by Crippen LogP contribution is -2.28. The highest BCUT2D eigenvalue weighted by Crippen LogP contribution is 2.25. The van der Waals surface area contributed by atoms with E-state index in [2.05, 4.69) is 10.3 Å². The van der Waals surface area contributed by atoms with Gasteiger partial charge in [-0.25, -0.2) is 4.98 Å². The lowest BCUT2D eigenvalue weighted by Gasteiger charge is -2.15. The third kappa shape index (κ3) is 4.37. The van der Waals surface area contributed by atoms with Gasteiger partial charge in [0.25, 0.3) is 0 Å². The lowest BCUT2D eigenvalue weighted by molar-refractivity contribution is 0.208. The normalized spacial score (nSPS) is 12.2. The molecule has 1 aromatic heterocycles. The highest BCUT2D eigenvalue weighted by atomic mass is 35.5. The lowest BCUT2D eigenvalue weighted by atomic mass is 10.2. The number of nitrogens with one attached hydrogen (secondary N) is 1. The van der Waals surface area contributed by atoms with E-state index in [-0.39, 0.29) is 6.10 Å². The first kappa shape index (κ1) is 15.1. The molecule has 0 unspecified atom stereocenters. The van der Waals surface area contributed by atoms with Crippen LogP contribution in [0.4, 0.5) is 0 Å². The second-order valence-corrected chi connectivity index (χ2v) is 5.23. The molecule has 0 fully saturated rings. The molecular formula is C15H16Cl2N2O. The molecule has 106 valence electrons. The topological polar surface area (TPSA) is 34.1 Å². The van der Waals surface area contributed by atoms with Gasteiger partial charge in [0.2, 0.25) is 5.88 Å². The average Bonchev–Trinajstić information content (AvgIpc) is 2.44. The summed E-state index contributed by atoms with van der Waals surface area (Å²) in [6, 6.07) is 11.2. The Bertz CT molecular complexity index is 549. The molecule has 5 heteroatoms. The molecule has 0 aliphatic carbocycles. The fourth-order valence-electron chi connectivity index (χ4n) is 1.76. The maximum absolute atomic E-state index is 6.13. The number of pyridine rings is 1. The number of rotatable bonds is 6. The number of hydrogen-bond donors (Lipinski definition) is 1. The minimum atomic E-state index is 0.0165. The Morgan fingerprint density at radius 3 is 2.80 bits per heavy atom. The largest absolute Gasteiger partial charge is 0.473 e. The van der Waals surface area contributed by atoms with Crippen molar-refractivity contribution >= 4 is 23.2 Å². The molecule has 1 heterocycles. The van der Waals surface area contributed by atoms with Gasteiger partial charge in [-0.15, -0.1) is 0 Å². The predicted molar refractivity (Wildman–Crippen MR) is 82.5 cm³/mol. The third-order valence-corrected chi connectivity index (χ3v) is 3.60. The summed E-state index contributed by atoms with van der Waals surface area (Å²) in [5.41, 5.74) is 0.976. The van der Waals surface area contributed by atoms with Crippen LogP contribution in [0.25, 0.3) is 0 Å². The SMILES string of the molecule is C[C@@H](CNCc1cccc(Cl)c1Cl)Oc1ccccn1. The Morgan fingerprint density at radius 2 is 2.05 bits per heavy atom. The summed E-state index contributed by atoms with van der Waals surface area (Å²) in [5.74, 6) is 0.627. The van der Waals surface area contributed by atoms with Gasteiger partial charge in [0, 0.05) is 25.4 Å². The summed E-state index contributed by atoms with van der Waals surface area (Å²) in [5, 5.41) is 4.46. The van der Waals surface area contributed by atoms with Gasteiger partial charge in [-0.05, 0) is 24.6 Å². The molecule has 0 bridgehead atoms. The highest BCUT2D eigenvalue weighted by molar-refractivity contribution is 6.42. The standard InChI is InChI=1S/C15H16Cl2N2O/c1-11(20-14-7-2-3-8-19-14)9-18-10-12-5-4-6-13(16)15(12)17/h2-8,11,18H,9-10H2,1H3/t11-/m0/s1. The van der Waals surface area contributed by atoms with Crippen molar-refractivity contribution in [3.05, 3.63) is 58.2 Å². The molecule has 2 aromatic rings. The molecule has 1 aromatic carbocycles. The van der Waals surface area contributed by atoms with Crippen LogP contribution < -0.4 is 10.1 Å². The first-order valence-corrected chi connectivity index (χ1v) is 7.13. The smallest absolute Gasteiger partial charge is 0.213 e. The van der Waals surface area contributed by atoms with E-state index in [1.807, 2.05) is 37.3 Å². The van der Waals surface area contributed by atoms with Crippen molar-refractivity contribution in [3.8, 4) is 5.88 Å². The molecule has 0 saturated heterocycles. The summed E-state index contributed by atoms with van der Waals surface area (Å²) in [7, 11) is 0. The van der Waals surface area contributed by atoms with Crippen LogP contribution in [0.2, 0.25) is 10.0 Å². The predicted octanol–water partition coefficient (Wildman–Crippen LogP) is 3.95. The number of benzene rings is 1. The average molecular weight is 311 g/mol. The van der Waals surface area contributed by atoms with Crippen molar-refractivity contribution in [2.45, 2.75) is 19.6 Å². The van der Waals surface area contributed by atoms with Gasteiger partial charge in [0.15, 0.2) is 0 Å².